The molecule has 0 aliphatic rings. The van der Waals surface area contributed by atoms with E-state index in [9.17, 15) is 4.39 Å². The van der Waals surface area contributed by atoms with E-state index >= 15 is 0 Å². The van der Waals surface area contributed by atoms with Crippen LogP contribution in [0.3, 0.4) is 0 Å². The van der Waals surface area contributed by atoms with Gasteiger partial charge in [-0.2, -0.15) is 0 Å². The maximum absolute atomic E-state index is 14.0. The molecule has 0 radical (unpaired) electrons. The summed E-state index contributed by atoms with van der Waals surface area (Å²) in [4.78, 5) is 0. The van der Waals surface area contributed by atoms with Crippen molar-refractivity contribution in [1.29, 1.82) is 0 Å². The summed E-state index contributed by atoms with van der Waals surface area (Å²) < 4.78 is 30.6. The molecule has 0 saturated carbocycles. The van der Waals surface area contributed by atoms with Crippen LogP contribution >= 0.6 is 23.2 Å². The molecule has 164 valence electrons. The Kier molecular flexibility index (Phi) is 8.41. The first-order valence-electron chi connectivity index (χ1n) is 9.78. The SMILES string of the molecule is COc1ccccc1CCNCc1cc(Cl)c(OCc2c(F)cccc2Cl)c(OC)c1. The second kappa shape index (κ2) is 11.2. The van der Waals surface area contributed by atoms with E-state index in [0.29, 0.717) is 28.1 Å². The lowest BCUT2D eigenvalue weighted by molar-refractivity contribution is 0.280. The number of para-hydroxylation sites is 1. The number of methoxy groups -OCH3 is 2. The van der Waals surface area contributed by atoms with E-state index < -0.39 is 5.82 Å². The van der Waals surface area contributed by atoms with Gasteiger partial charge in [0.2, 0.25) is 0 Å². The summed E-state index contributed by atoms with van der Waals surface area (Å²) in [5, 5.41) is 4.07. The quantitative estimate of drug-likeness (QED) is 0.370. The average Bonchev–Trinajstić information content (AvgIpc) is 2.77. The Labute approximate surface area is 191 Å². The minimum Gasteiger partial charge on any atom is -0.496 e. The number of hydrogen-bond acceptors (Lipinski definition) is 4. The van der Waals surface area contributed by atoms with Crippen LogP contribution in [0.25, 0.3) is 0 Å². The topological polar surface area (TPSA) is 39.7 Å². The van der Waals surface area contributed by atoms with Gasteiger partial charge in [-0.15, -0.1) is 0 Å². The van der Waals surface area contributed by atoms with Gasteiger partial charge >= 0.3 is 0 Å². The zero-order valence-corrected chi connectivity index (χ0v) is 18.9. The van der Waals surface area contributed by atoms with Gasteiger partial charge < -0.3 is 19.5 Å². The van der Waals surface area contributed by atoms with Gasteiger partial charge in [-0.3, -0.25) is 0 Å². The fourth-order valence-electron chi connectivity index (χ4n) is 3.20. The molecule has 3 aromatic rings. The zero-order valence-electron chi connectivity index (χ0n) is 17.4. The second-order valence-corrected chi connectivity index (χ2v) is 7.65. The van der Waals surface area contributed by atoms with Crippen LogP contribution < -0.4 is 19.5 Å². The van der Waals surface area contributed by atoms with Crippen molar-refractivity contribution in [2.75, 3.05) is 20.8 Å². The number of nitrogens with one attached hydrogen (secondary N) is 1. The van der Waals surface area contributed by atoms with E-state index in [2.05, 4.69) is 5.32 Å². The lowest BCUT2D eigenvalue weighted by Crippen LogP contribution is -2.17. The van der Waals surface area contributed by atoms with Gasteiger partial charge in [0, 0.05) is 12.1 Å². The van der Waals surface area contributed by atoms with Crippen LogP contribution in [0, 0.1) is 5.82 Å². The van der Waals surface area contributed by atoms with Crippen LogP contribution in [0.4, 0.5) is 4.39 Å². The minimum absolute atomic E-state index is 0.0574. The normalized spacial score (nSPS) is 10.7. The van der Waals surface area contributed by atoms with Gasteiger partial charge in [-0.25, -0.2) is 4.39 Å². The van der Waals surface area contributed by atoms with Gasteiger partial charge in [0.15, 0.2) is 11.5 Å². The molecular formula is C24H24Cl2FNO3. The molecule has 0 aliphatic heterocycles. The fourth-order valence-corrected chi connectivity index (χ4v) is 3.70. The van der Waals surface area contributed by atoms with Crippen molar-refractivity contribution in [3.05, 3.63) is 87.2 Å². The van der Waals surface area contributed by atoms with Crippen molar-refractivity contribution in [2.45, 2.75) is 19.6 Å². The Morgan fingerprint density at radius 3 is 2.42 bits per heavy atom. The van der Waals surface area contributed by atoms with E-state index in [1.54, 1.807) is 25.3 Å². The first kappa shape index (κ1) is 23.2. The molecule has 1 N–H and O–H groups in total. The molecule has 0 spiro atoms. The highest BCUT2D eigenvalue weighted by atomic mass is 35.5. The summed E-state index contributed by atoms with van der Waals surface area (Å²) in [5.41, 5.74) is 2.35. The third-order valence-corrected chi connectivity index (χ3v) is 5.44. The first-order valence-corrected chi connectivity index (χ1v) is 10.5. The van der Waals surface area contributed by atoms with Gasteiger partial charge in [0.25, 0.3) is 0 Å². The molecule has 0 atom stereocenters. The molecule has 0 saturated heterocycles. The number of benzene rings is 3. The first-order chi connectivity index (χ1) is 15.0. The highest BCUT2D eigenvalue weighted by Crippen LogP contribution is 2.37. The minimum atomic E-state index is -0.432. The van der Waals surface area contributed by atoms with E-state index in [-0.39, 0.29) is 12.2 Å². The Balaban J connectivity index is 1.62. The van der Waals surface area contributed by atoms with Crippen LogP contribution in [0.5, 0.6) is 17.2 Å². The predicted molar refractivity (Wildman–Crippen MR) is 122 cm³/mol. The Bertz CT molecular complexity index is 1010. The third kappa shape index (κ3) is 6.03. The molecule has 7 heteroatoms. The molecule has 0 unspecified atom stereocenters. The predicted octanol–water partition coefficient (Wildman–Crippen LogP) is 6.06. The highest BCUT2D eigenvalue weighted by Gasteiger charge is 2.15. The van der Waals surface area contributed by atoms with Crippen molar-refractivity contribution in [2.24, 2.45) is 0 Å². The molecule has 0 heterocycles. The summed E-state index contributed by atoms with van der Waals surface area (Å²) in [6.07, 6.45) is 0.833. The van der Waals surface area contributed by atoms with Crippen molar-refractivity contribution < 1.29 is 18.6 Å². The third-order valence-electron chi connectivity index (χ3n) is 4.80. The van der Waals surface area contributed by atoms with E-state index in [1.165, 1.54) is 13.2 Å². The molecule has 31 heavy (non-hydrogen) atoms. The molecule has 0 fully saturated rings. The van der Waals surface area contributed by atoms with Gasteiger partial charge in [-0.1, -0.05) is 47.5 Å². The molecule has 3 aromatic carbocycles. The summed E-state index contributed by atoms with van der Waals surface area (Å²) in [6.45, 7) is 1.31. The van der Waals surface area contributed by atoms with Crippen LogP contribution in [0.2, 0.25) is 10.0 Å². The summed E-state index contributed by atoms with van der Waals surface area (Å²) >= 11 is 12.5. The molecule has 0 aliphatic carbocycles. The molecule has 0 bridgehead atoms. The summed E-state index contributed by atoms with van der Waals surface area (Å²) in [7, 11) is 3.21. The van der Waals surface area contributed by atoms with Crippen molar-refractivity contribution >= 4 is 23.2 Å². The fraction of sp³-hybridized carbons (Fsp3) is 0.250. The summed E-state index contributed by atoms with van der Waals surface area (Å²) in [5.74, 6) is 1.27. The van der Waals surface area contributed by atoms with E-state index in [1.807, 2.05) is 30.3 Å². The monoisotopic (exact) mass is 463 g/mol. The van der Waals surface area contributed by atoms with Crippen LogP contribution in [0.1, 0.15) is 16.7 Å². The second-order valence-electron chi connectivity index (χ2n) is 6.84. The highest BCUT2D eigenvalue weighted by molar-refractivity contribution is 6.32. The summed E-state index contributed by atoms with van der Waals surface area (Å²) in [6, 6.07) is 16.1. The number of rotatable bonds is 10. The van der Waals surface area contributed by atoms with Gasteiger partial charge in [-0.05, 0) is 54.4 Å². The zero-order chi connectivity index (χ0) is 22.2. The molecular weight excluding hydrogens is 440 g/mol. The largest absolute Gasteiger partial charge is 0.496 e. The Morgan fingerprint density at radius 1 is 0.903 bits per heavy atom. The Hall–Kier alpha value is -2.47. The van der Waals surface area contributed by atoms with E-state index in [4.69, 9.17) is 37.4 Å². The molecule has 3 rings (SSSR count). The van der Waals surface area contributed by atoms with Crippen molar-refractivity contribution in [3.63, 3.8) is 0 Å². The lowest BCUT2D eigenvalue weighted by Gasteiger charge is -2.15. The lowest BCUT2D eigenvalue weighted by atomic mass is 10.1. The van der Waals surface area contributed by atoms with Crippen LogP contribution in [0.15, 0.2) is 54.6 Å². The van der Waals surface area contributed by atoms with Crippen LogP contribution in [-0.2, 0) is 19.6 Å². The average molecular weight is 464 g/mol. The number of halogens is 3. The van der Waals surface area contributed by atoms with Gasteiger partial charge in [0.1, 0.15) is 18.2 Å². The van der Waals surface area contributed by atoms with Gasteiger partial charge in [0.05, 0.1) is 24.3 Å². The van der Waals surface area contributed by atoms with E-state index in [0.717, 1.165) is 29.8 Å². The number of hydrogen-bond donors (Lipinski definition) is 1. The standard InChI is InChI=1S/C24H24Cl2FNO3/c1-29-22-9-4-3-6-17(22)10-11-28-14-16-12-20(26)24(23(13-16)30-2)31-15-18-19(25)7-5-8-21(18)27/h3-9,12-13,28H,10-11,14-15H2,1-2H3. The maximum atomic E-state index is 14.0. The Morgan fingerprint density at radius 2 is 1.68 bits per heavy atom. The molecule has 0 aromatic heterocycles. The van der Waals surface area contributed by atoms with Crippen LogP contribution in [-0.4, -0.2) is 20.8 Å². The molecule has 0 amide bonds. The maximum Gasteiger partial charge on any atom is 0.180 e. The smallest absolute Gasteiger partial charge is 0.180 e. The van der Waals surface area contributed by atoms with Crippen molar-refractivity contribution in [1.82, 2.24) is 5.32 Å². The molecule has 4 nitrogen and oxygen atoms in total. The number of ether oxygens (including phenoxy) is 3. The van der Waals surface area contributed by atoms with Crippen molar-refractivity contribution in [3.8, 4) is 17.2 Å².